The first kappa shape index (κ1) is 7.46. The van der Waals surface area contributed by atoms with E-state index in [1.54, 1.807) is 0 Å². The Hall–Kier alpha value is -0.540. The van der Waals surface area contributed by atoms with E-state index >= 15 is 0 Å². The number of halogens is 3. The predicted molar refractivity (Wildman–Crippen MR) is 25.1 cm³/mol. The Balaban J connectivity index is 3.39. The standard InChI is InChI=1S/C4H6F3N/c1-8-3-2-4(5,6)7/h3H,2H2,1H3. The van der Waals surface area contributed by atoms with E-state index in [2.05, 4.69) is 4.99 Å². The van der Waals surface area contributed by atoms with Gasteiger partial charge in [-0.05, 0) is 0 Å². The van der Waals surface area contributed by atoms with E-state index in [4.69, 9.17) is 0 Å². The highest BCUT2D eigenvalue weighted by Crippen LogP contribution is 2.17. The summed E-state index contributed by atoms with van der Waals surface area (Å²) in [5, 5.41) is 0. The molecule has 0 aromatic heterocycles. The molecule has 0 heterocycles. The summed E-state index contributed by atoms with van der Waals surface area (Å²) in [4.78, 5) is 3.18. The van der Waals surface area contributed by atoms with Crippen molar-refractivity contribution in [3.8, 4) is 0 Å². The van der Waals surface area contributed by atoms with Crippen LogP contribution in [-0.4, -0.2) is 19.4 Å². The highest BCUT2D eigenvalue weighted by atomic mass is 19.4. The fourth-order valence-corrected chi connectivity index (χ4v) is 0.195. The van der Waals surface area contributed by atoms with E-state index in [1.165, 1.54) is 7.05 Å². The molecular weight excluding hydrogens is 119 g/mol. The van der Waals surface area contributed by atoms with Gasteiger partial charge in [0.1, 0.15) is 0 Å². The Labute approximate surface area is 45.2 Å². The van der Waals surface area contributed by atoms with Gasteiger partial charge < -0.3 is 4.99 Å². The molecule has 0 aliphatic heterocycles. The molecule has 0 atom stereocenters. The van der Waals surface area contributed by atoms with Gasteiger partial charge in [-0.1, -0.05) is 0 Å². The summed E-state index contributed by atoms with van der Waals surface area (Å²) >= 11 is 0. The Kier molecular flexibility index (Phi) is 2.51. The molecule has 48 valence electrons. The van der Waals surface area contributed by atoms with Crippen LogP contribution in [0.15, 0.2) is 4.99 Å². The van der Waals surface area contributed by atoms with E-state index in [9.17, 15) is 13.2 Å². The van der Waals surface area contributed by atoms with Gasteiger partial charge in [0, 0.05) is 13.3 Å². The minimum Gasteiger partial charge on any atom is -0.301 e. The van der Waals surface area contributed by atoms with Crippen LogP contribution < -0.4 is 0 Å². The first-order valence-corrected chi connectivity index (χ1v) is 2.03. The second kappa shape index (κ2) is 2.69. The van der Waals surface area contributed by atoms with Crippen molar-refractivity contribution in [1.29, 1.82) is 0 Å². The van der Waals surface area contributed by atoms with E-state index in [0.29, 0.717) is 0 Å². The molecule has 0 aliphatic carbocycles. The zero-order valence-corrected chi connectivity index (χ0v) is 4.37. The summed E-state index contributed by atoms with van der Waals surface area (Å²) in [7, 11) is 1.31. The molecule has 0 fully saturated rings. The van der Waals surface area contributed by atoms with Gasteiger partial charge in [0.25, 0.3) is 0 Å². The summed E-state index contributed by atoms with van der Waals surface area (Å²) in [6.07, 6.45) is -4.19. The first-order chi connectivity index (χ1) is 3.56. The largest absolute Gasteiger partial charge is 0.393 e. The van der Waals surface area contributed by atoms with Crippen LogP contribution in [0.25, 0.3) is 0 Å². The van der Waals surface area contributed by atoms with E-state index in [0.717, 1.165) is 6.21 Å². The predicted octanol–water partition coefficient (Wildman–Crippen LogP) is 1.64. The number of aliphatic imine (C=N–C) groups is 1. The molecular formula is C4H6F3N. The molecule has 1 nitrogen and oxygen atoms in total. The molecule has 0 aromatic carbocycles. The lowest BCUT2D eigenvalue weighted by Gasteiger charge is -1.97. The van der Waals surface area contributed by atoms with Gasteiger partial charge in [0.05, 0.1) is 6.42 Å². The summed E-state index contributed by atoms with van der Waals surface area (Å²) in [6, 6.07) is 0. The maximum absolute atomic E-state index is 11.2. The van der Waals surface area contributed by atoms with Gasteiger partial charge in [-0.2, -0.15) is 13.2 Å². The molecule has 0 unspecified atom stereocenters. The summed E-state index contributed by atoms with van der Waals surface area (Å²) in [6.45, 7) is 0. The highest BCUT2D eigenvalue weighted by molar-refractivity contribution is 5.57. The lowest BCUT2D eigenvalue weighted by atomic mass is 10.5. The third-order valence-electron chi connectivity index (χ3n) is 0.505. The van der Waals surface area contributed by atoms with E-state index < -0.39 is 12.6 Å². The zero-order chi connectivity index (χ0) is 6.62. The van der Waals surface area contributed by atoms with Crippen molar-refractivity contribution in [2.75, 3.05) is 7.05 Å². The molecule has 8 heavy (non-hydrogen) atoms. The van der Waals surface area contributed by atoms with Crippen LogP contribution in [0.3, 0.4) is 0 Å². The molecule has 0 radical (unpaired) electrons. The van der Waals surface area contributed by atoms with Crippen LogP contribution in [0.1, 0.15) is 6.42 Å². The first-order valence-electron chi connectivity index (χ1n) is 2.03. The summed E-state index contributed by atoms with van der Waals surface area (Å²) < 4.78 is 33.5. The van der Waals surface area contributed by atoms with Gasteiger partial charge >= 0.3 is 6.18 Å². The van der Waals surface area contributed by atoms with Crippen molar-refractivity contribution >= 4 is 6.21 Å². The lowest BCUT2D eigenvalue weighted by molar-refractivity contribution is -0.120. The molecule has 4 heteroatoms. The molecule has 0 amide bonds. The van der Waals surface area contributed by atoms with Crippen molar-refractivity contribution in [2.24, 2.45) is 4.99 Å². The van der Waals surface area contributed by atoms with Crippen LogP contribution in [-0.2, 0) is 0 Å². The van der Waals surface area contributed by atoms with Gasteiger partial charge in [-0.15, -0.1) is 0 Å². The minimum atomic E-state index is -4.10. The zero-order valence-electron chi connectivity index (χ0n) is 4.37. The van der Waals surface area contributed by atoms with Crippen LogP contribution in [0.5, 0.6) is 0 Å². The van der Waals surface area contributed by atoms with Gasteiger partial charge in [-0.3, -0.25) is 0 Å². The maximum atomic E-state index is 11.2. The van der Waals surface area contributed by atoms with Crippen LogP contribution in [0, 0.1) is 0 Å². The number of hydrogen-bond acceptors (Lipinski definition) is 1. The van der Waals surface area contributed by atoms with Gasteiger partial charge in [0.2, 0.25) is 0 Å². The quantitative estimate of drug-likeness (QED) is 0.472. The van der Waals surface area contributed by atoms with Crippen LogP contribution >= 0.6 is 0 Å². The lowest BCUT2D eigenvalue weighted by Crippen LogP contribution is -2.06. The average molecular weight is 125 g/mol. The van der Waals surface area contributed by atoms with Gasteiger partial charge in [-0.25, -0.2) is 0 Å². The second-order valence-electron chi connectivity index (χ2n) is 1.26. The topological polar surface area (TPSA) is 12.4 Å². The van der Waals surface area contributed by atoms with Crippen LogP contribution in [0.2, 0.25) is 0 Å². The molecule has 0 rings (SSSR count). The van der Waals surface area contributed by atoms with Crippen molar-refractivity contribution in [2.45, 2.75) is 12.6 Å². The summed E-state index contributed by atoms with van der Waals surface area (Å²) in [5.41, 5.74) is 0. The van der Waals surface area contributed by atoms with Gasteiger partial charge in [0.15, 0.2) is 0 Å². The Morgan fingerprint density at radius 1 is 1.50 bits per heavy atom. The number of hydrogen-bond donors (Lipinski definition) is 0. The molecule has 0 aliphatic rings. The SMILES string of the molecule is CN=CCC(F)(F)F. The smallest absolute Gasteiger partial charge is 0.301 e. The molecule has 0 saturated heterocycles. The third kappa shape index (κ3) is 5.46. The number of nitrogens with zero attached hydrogens (tertiary/aromatic N) is 1. The van der Waals surface area contributed by atoms with Crippen molar-refractivity contribution in [3.05, 3.63) is 0 Å². The molecule has 0 spiro atoms. The van der Waals surface area contributed by atoms with E-state index in [1.807, 2.05) is 0 Å². The molecule has 0 saturated carbocycles. The fourth-order valence-electron chi connectivity index (χ4n) is 0.195. The third-order valence-corrected chi connectivity index (χ3v) is 0.505. The monoisotopic (exact) mass is 125 g/mol. The number of alkyl halides is 3. The minimum absolute atomic E-state index is 0.833. The van der Waals surface area contributed by atoms with Crippen molar-refractivity contribution in [3.63, 3.8) is 0 Å². The van der Waals surface area contributed by atoms with Crippen LogP contribution in [0.4, 0.5) is 13.2 Å². The Morgan fingerprint density at radius 3 is 2.12 bits per heavy atom. The maximum Gasteiger partial charge on any atom is 0.393 e. The summed E-state index contributed by atoms with van der Waals surface area (Å²) in [5.74, 6) is 0. The van der Waals surface area contributed by atoms with Crippen molar-refractivity contribution < 1.29 is 13.2 Å². The van der Waals surface area contributed by atoms with E-state index in [-0.39, 0.29) is 0 Å². The Bertz CT molecular complexity index is 83.8. The molecule has 0 bridgehead atoms. The average Bonchev–Trinajstić information content (AvgIpc) is 1.59. The normalized spacial score (nSPS) is 13.0. The molecule has 0 aromatic rings. The van der Waals surface area contributed by atoms with Crippen molar-refractivity contribution in [1.82, 2.24) is 0 Å². The molecule has 0 N–H and O–H groups in total. The number of rotatable bonds is 1. The fraction of sp³-hybridized carbons (Fsp3) is 0.750. The Morgan fingerprint density at radius 2 is 2.00 bits per heavy atom. The highest BCUT2D eigenvalue weighted by Gasteiger charge is 2.24. The second-order valence-corrected chi connectivity index (χ2v) is 1.26.